The number of anilines is 1. The highest BCUT2D eigenvalue weighted by atomic mass is 35.5. The summed E-state index contributed by atoms with van der Waals surface area (Å²) < 4.78 is 27.3. The molecule has 0 radical (unpaired) electrons. The van der Waals surface area contributed by atoms with E-state index in [4.69, 9.17) is 16.9 Å². The van der Waals surface area contributed by atoms with E-state index in [1.54, 1.807) is 31.2 Å². The molecule has 0 aliphatic rings. The molecule has 11 heteroatoms. The SMILES string of the molecule is Cc1sc(N(CCc2ccc(C#N)cc2)Cc2ccc(Cl)cc2)nc1C(=O)NS(=O)(=O)Cc1ccncc1. The molecule has 0 fully saturated rings. The third-order valence-electron chi connectivity index (χ3n) is 5.67. The van der Waals surface area contributed by atoms with Gasteiger partial charge in [-0.05, 0) is 66.4 Å². The van der Waals surface area contributed by atoms with E-state index in [1.807, 2.05) is 41.3 Å². The van der Waals surface area contributed by atoms with Gasteiger partial charge >= 0.3 is 0 Å². The van der Waals surface area contributed by atoms with E-state index >= 15 is 0 Å². The third kappa shape index (κ3) is 7.38. The summed E-state index contributed by atoms with van der Waals surface area (Å²) in [6, 6.07) is 20.2. The van der Waals surface area contributed by atoms with Gasteiger partial charge in [-0.15, -0.1) is 11.3 Å². The number of hydrogen-bond acceptors (Lipinski definition) is 8. The van der Waals surface area contributed by atoms with Gasteiger partial charge in [0.15, 0.2) is 5.13 Å². The van der Waals surface area contributed by atoms with Crippen molar-refractivity contribution in [1.82, 2.24) is 14.7 Å². The Hall–Kier alpha value is -3.78. The topological polar surface area (TPSA) is 116 Å². The zero-order valence-corrected chi connectivity index (χ0v) is 22.9. The first-order valence-corrected chi connectivity index (χ1v) is 14.5. The molecular formula is C27H24ClN5O3S2. The van der Waals surface area contributed by atoms with Crippen LogP contribution in [0, 0.1) is 18.3 Å². The largest absolute Gasteiger partial charge is 0.343 e. The van der Waals surface area contributed by atoms with Crippen LogP contribution in [-0.4, -0.2) is 30.8 Å². The summed E-state index contributed by atoms with van der Waals surface area (Å²) in [5, 5.41) is 10.3. The van der Waals surface area contributed by atoms with E-state index in [-0.39, 0.29) is 11.4 Å². The minimum Gasteiger partial charge on any atom is -0.343 e. The highest BCUT2D eigenvalue weighted by Crippen LogP contribution is 2.28. The molecule has 2 heterocycles. The van der Waals surface area contributed by atoms with Crippen molar-refractivity contribution in [3.63, 3.8) is 0 Å². The van der Waals surface area contributed by atoms with Gasteiger partial charge in [-0.1, -0.05) is 35.9 Å². The summed E-state index contributed by atoms with van der Waals surface area (Å²) in [5.74, 6) is -1.11. The molecule has 0 atom stereocenters. The second-order valence-corrected chi connectivity index (χ2v) is 11.9. The van der Waals surface area contributed by atoms with Crippen LogP contribution in [0.25, 0.3) is 0 Å². The third-order valence-corrected chi connectivity index (χ3v) is 8.16. The number of pyridine rings is 1. The molecule has 0 aliphatic carbocycles. The Bertz CT molecular complexity index is 1550. The van der Waals surface area contributed by atoms with Crippen molar-refractivity contribution in [1.29, 1.82) is 5.26 Å². The van der Waals surface area contributed by atoms with Crippen molar-refractivity contribution in [2.75, 3.05) is 11.4 Å². The lowest BCUT2D eigenvalue weighted by atomic mass is 10.1. The van der Waals surface area contributed by atoms with E-state index in [0.717, 1.165) is 11.1 Å². The molecule has 1 N–H and O–H groups in total. The average Bonchev–Trinajstić information content (AvgIpc) is 3.29. The number of rotatable bonds is 10. The number of benzene rings is 2. The Morgan fingerprint density at radius 1 is 1.03 bits per heavy atom. The number of aromatic nitrogens is 2. The van der Waals surface area contributed by atoms with E-state index in [2.05, 4.69) is 20.8 Å². The van der Waals surface area contributed by atoms with Crippen LogP contribution < -0.4 is 9.62 Å². The fraction of sp³-hybridized carbons (Fsp3) is 0.185. The molecule has 0 bridgehead atoms. The highest BCUT2D eigenvalue weighted by Gasteiger charge is 2.23. The smallest absolute Gasteiger partial charge is 0.284 e. The Labute approximate surface area is 230 Å². The fourth-order valence-corrected chi connectivity index (χ4v) is 5.85. The van der Waals surface area contributed by atoms with Crippen molar-refractivity contribution >= 4 is 44.0 Å². The predicted molar refractivity (Wildman–Crippen MR) is 149 cm³/mol. The van der Waals surface area contributed by atoms with Gasteiger partial charge in [-0.25, -0.2) is 18.1 Å². The first-order chi connectivity index (χ1) is 18.2. The standard InChI is InChI=1S/C27H24ClN5O3S2/c1-19-25(26(34)32-38(35,36)18-23-10-13-30-14-11-23)31-27(37-19)33(17-22-6-8-24(28)9-7-22)15-12-20-2-4-21(16-29)5-3-20/h2-11,13-14H,12,15,17-18H2,1H3,(H,32,34). The molecule has 1 amide bonds. The second-order valence-electron chi connectivity index (χ2n) is 8.55. The first kappa shape index (κ1) is 27.3. The Morgan fingerprint density at radius 2 is 1.68 bits per heavy atom. The maximum atomic E-state index is 12.9. The second kappa shape index (κ2) is 12.2. The van der Waals surface area contributed by atoms with Crippen LogP contribution in [0.2, 0.25) is 5.02 Å². The van der Waals surface area contributed by atoms with Gasteiger partial charge < -0.3 is 4.90 Å². The number of carbonyl (C=O) groups excluding carboxylic acids is 1. The van der Waals surface area contributed by atoms with Crippen LogP contribution >= 0.6 is 22.9 Å². The molecule has 8 nitrogen and oxygen atoms in total. The minimum absolute atomic E-state index is 0.0720. The summed E-state index contributed by atoms with van der Waals surface area (Å²) >= 11 is 7.38. The van der Waals surface area contributed by atoms with Gasteiger partial charge in [0.05, 0.1) is 17.4 Å². The maximum absolute atomic E-state index is 12.9. The molecule has 4 aromatic rings. The molecular weight excluding hydrogens is 542 g/mol. The van der Waals surface area contributed by atoms with E-state index in [1.165, 1.54) is 23.7 Å². The molecule has 194 valence electrons. The number of carbonyl (C=O) groups is 1. The lowest BCUT2D eigenvalue weighted by Crippen LogP contribution is -2.32. The lowest BCUT2D eigenvalue weighted by Gasteiger charge is -2.22. The maximum Gasteiger partial charge on any atom is 0.284 e. The lowest BCUT2D eigenvalue weighted by molar-refractivity contribution is 0.0976. The van der Waals surface area contributed by atoms with E-state index in [0.29, 0.717) is 45.7 Å². The molecule has 0 aliphatic heterocycles. The molecule has 2 aromatic carbocycles. The summed E-state index contributed by atoms with van der Waals surface area (Å²) in [7, 11) is -3.93. The van der Waals surface area contributed by atoms with Crippen molar-refractivity contribution in [2.45, 2.75) is 25.6 Å². The number of hydrogen-bond donors (Lipinski definition) is 1. The summed E-state index contributed by atoms with van der Waals surface area (Å²) in [4.78, 5) is 24.0. The van der Waals surface area contributed by atoms with Crippen molar-refractivity contribution < 1.29 is 13.2 Å². The van der Waals surface area contributed by atoms with Gasteiger partial charge in [-0.3, -0.25) is 9.78 Å². The van der Waals surface area contributed by atoms with Gasteiger partial charge in [0.2, 0.25) is 10.0 Å². The highest BCUT2D eigenvalue weighted by molar-refractivity contribution is 7.89. The number of amides is 1. The number of nitriles is 1. The van der Waals surface area contributed by atoms with Crippen LogP contribution in [-0.2, 0) is 28.7 Å². The minimum atomic E-state index is -3.93. The number of halogens is 1. The van der Waals surface area contributed by atoms with Crippen LogP contribution in [0.15, 0.2) is 73.1 Å². The number of aryl methyl sites for hydroxylation is 1. The van der Waals surface area contributed by atoms with Gasteiger partial charge in [0.25, 0.3) is 5.91 Å². The van der Waals surface area contributed by atoms with Crippen LogP contribution in [0.1, 0.15) is 37.6 Å². The quantitative estimate of drug-likeness (QED) is 0.291. The normalized spacial score (nSPS) is 11.1. The zero-order valence-electron chi connectivity index (χ0n) is 20.5. The number of sulfonamides is 1. The Kier molecular flexibility index (Phi) is 8.73. The fourth-order valence-electron chi connectivity index (χ4n) is 3.71. The summed E-state index contributed by atoms with van der Waals surface area (Å²) in [6.45, 7) is 2.84. The number of nitrogens with zero attached hydrogens (tertiary/aromatic N) is 4. The van der Waals surface area contributed by atoms with Gasteiger partial charge in [-0.2, -0.15) is 5.26 Å². The van der Waals surface area contributed by atoms with Crippen LogP contribution in [0.3, 0.4) is 0 Å². The predicted octanol–water partition coefficient (Wildman–Crippen LogP) is 4.88. The van der Waals surface area contributed by atoms with Crippen molar-refractivity contribution in [2.24, 2.45) is 0 Å². The molecule has 4 rings (SSSR count). The molecule has 0 saturated carbocycles. The Morgan fingerprint density at radius 3 is 2.34 bits per heavy atom. The molecule has 0 unspecified atom stereocenters. The molecule has 0 saturated heterocycles. The average molecular weight is 566 g/mol. The van der Waals surface area contributed by atoms with Crippen LogP contribution in [0.4, 0.5) is 5.13 Å². The summed E-state index contributed by atoms with van der Waals surface area (Å²) in [6.07, 6.45) is 3.67. The number of thiazole rings is 1. The van der Waals surface area contributed by atoms with Crippen LogP contribution in [0.5, 0.6) is 0 Å². The summed E-state index contributed by atoms with van der Waals surface area (Å²) in [5.41, 5.74) is 3.25. The molecule has 2 aromatic heterocycles. The van der Waals surface area contributed by atoms with Gasteiger partial charge in [0, 0.05) is 35.4 Å². The van der Waals surface area contributed by atoms with E-state index < -0.39 is 15.9 Å². The molecule has 0 spiro atoms. The number of nitrogens with one attached hydrogen (secondary N) is 1. The molecule has 38 heavy (non-hydrogen) atoms. The van der Waals surface area contributed by atoms with E-state index in [9.17, 15) is 13.2 Å². The zero-order chi connectivity index (χ0) is 27.1. The van der Waals surface area contributed by atoms with Crippen molar-refractivity contribution in [3.8, 4) is 6.07 Å². The van der Waals surface area contributed by atoms with Gasteiger partial charge in [0.1, 0.15) is 5.69 Å². The van der Waals surface area contributed by atoms with Crippen molar-refractivity contribution in [3.05, 3.63) is 111 Å². The Balaban J connectivity index is 1.53. The monoisotopic (exact) mass is 565 g/mol. The first-order valence-electron chi connectivity index (χ1n) is 11.6.